The Morgan fingerprint density at radius 2 is 1.88 bits per heavy atom. The summed E-state index contributed by atoms with van der Waals surface area (Å²) >= 11 is 0. The number of ether oxygens (including phenoxy) is 1. The number of Topliss-reactive ketones (excluding diaryl/α,β-unsaturated/α-hetero) is 1. The summed E-state index contributed by atoms with van der Waals surface area (Å²) in [5.74, 6) is -10.4. The van der Waals surface area contributed by atoms with Crippen molar-refractivity contribution in [2.45, 2.75) is 31.7 Å². The van der Waals surface area contributed by atoms with E-state index < -0.39 is 51.7 Å². The summed E-state index contributed by atoms with van der Waals surface area (Å²) in [6.45, 7) is 1.08. The SMILES string of the molecule is CCOC(=O)C(=CNC1(CO)CCC1)C(=O)c1cc(F)c(F)c(F)c1F. The van der Waals surface area contributed by atoms with Crippen molar-refractivity contribution in [2.75, 3.05) is 13.2 Å². The molecule has 1 aliphatic carbocycles. The smallest absolute Gasteiger partial charge is 0.343 e. The minimum absolute atomic E-state index is 0.108. The third-order valence-electron chi connectivity index (χ3n) is 4.22. The Morgan fingerprint density at radius 1 is 1.23 bits per heavy atom. The molecule has 0 saturated heterocycles. The molecule has 0 bridgehead atoms. The van der Waals surface area contributed by atoms with Crippen LogP contribution < -0.4 is 5.32 Å². The number of carbonyl (C=O) groups excluding carboxylic acids is 2. The van der Waals surface area contributed by atoms with Gasteiger partial charge in [0.1, 0.15) is 5.57 Å². The topological polar surface area (TPSA) is 75.6 Å². The van der Waals surface area contributed by atoms with E-state index in [4.69, 9.17) is 4.74 Å². The summed E-state index contributed by atoms with van der Waals surface area (Å²) in [5.41, 5.74) is -2.61. The van der Waals surface area contributed by atoms with Crippen LogP contribution in [0.25, 0.3) is 0 Å². The van der Waals surface area contributed by atoms with E-state index in [1.165, 1.54) is 6.92 Å². The highest BCUT2D eigenvalue weighted by atomic mass is 19.2. The van der Waals surface area contributed by atoms with Gasteiger partial charge in [-0.25, -0.2) is 22.4 Å². The summed E-state index contributed by atoms with van der Waals surface area (Å²) < 4.78 is 58.4. The van der Waals surface area contributed by atoms with Gasteiger partial charge in [0.25, 0.3) is 0 Å². The van der Waals surface area contributed by atoms with Crippen molar-refractivity contribution in [1.82, 2.24) is 5.32 Å². The van der Waals surface area contributed by atoms with Gasteiger partial charge in [0.2, 0.25) is 5.78 Å². The Balaban J connectivity index is 2.42. The minimum Gasteiger partial charge on any atom is -0.462 e. The first-order chi connectivity index (χ1) is 12.3. The minimum atomic E-state index is -2.16. The van der Waals surface area contributed by atoms with Crippen LogP contribution in [0.4, 0.5) is 17.6 Å². The van der Waals surface area contributed by atoms with Crippen LogP contribution >= 0.6 is 0 Å². The first-order valence-corrected chi connectivity index (χ1v) is 7.90. The van der Waals surface area contributed by atoms with Gasteiger partial charge >= 0.3 is 5.97 Å². The Hall–Kier alpha value is -2.42. The van der Waals surface area contributed by atoms with E-state index in [9.17, 15) is 32.3 Å². The number of nitrogens with one attached hydrogen (secondary N) is 1. The molecule has 1 aromatic rings. The van der Waals surface area contributed by atoms with Crippen molar-refractivity contribution < 1.29 is 37.0 Å². The molecule has 0 heterocycles. The maximum Gasteiger partial charge on any atom is 0.343 e. The summed E-state index contributed by atoms with van der Waals surface area (Å²) in [5, 5.41) is 12.1. The lowest BCUT2D eigenvalue weighted by Crippen LogP contribution is -2.52. The van der Waals surface area contributed by atoms with Crippen LogP contribution in [-0.4, -0.2) is 35.6 Å². The first-order valence-electron chi connectivity index (χ1n) is 7.90. The van der Waals surface area contributed by atoms with Gasteiger partial charge in [-0.15, -0.1) is 0 Å². The molecule has 0 aromatic heterocycles. The number of ketones is 1. The van der Waals surface area contributed by atoms with E-state index in [1.54, 1.807) is 0 Å². The molecule has 1 aromatic carbocycles. The molecule has 5 nitrogen and oxygen atoms in total. The molecule has 0 atom stereocenters. The van der Waals surface area contributed by atoms with Gasteiger partial charge in [-0.1, -0.05) is 0 Å². The van der Waals surface area contributed by atoms with E-state index in [-0.39, 0.29) is 19.3 Å². The number of aliphatic hydroxyl groups is 1. The van der Waals surface area contributed by atoms with Crippen LogP contribution in [0.5, 0.6) is 0 Å². The molecular weight excluding hydrogens is 358 g/mol. The molecule has 0 radical (unpaired) electrons. The molecule has 26 heavy (non-hydrogen) atoms. The maximum atomic E-state index is 13.9. The van der Waals surface area contributed by atoms with Gasteiger partial charge in [-0.3, -0.25) is 4.79 Å². The number of carbonyl (C=O) groups is 2. The molecule has 0 spiro atoms. The normalized spacial score (nSPS) is 16.0. The average molecular weight is 375 g/mol. The van der Waals surface area contributed by atoms with Gasteiger partial charge in [-0.2, -0.15) is 0 Å². The van der Waals surface area contributed by atoms with E-state index >= 15 is 0 Å². The van der Waals surface area contributed by atoms with Crippen molar-refractivity contribution >= 4 is 11.8 Å². The maximum absolute atomic E-state index is 13.9. The van der Waals surface area contributed by atoms with Crippen molar-refractivity contribution in [3.63, 3.8) is 0 Å². The molecule has 1 saturated carbocycles. The number of aliphatic hydroxyl groups excluding tert-OH is 1. The Morgan fingerprint density at radius 3 is 2.38 bits per heavy atom. The molecule has 2 rings (SSSR count). The molecular formula is C17H17F4NO4. The third kappa shape index (κ3) is 3.72. The average Bonchev–Trinajstić information content (AvgIpc) is 2.58. The van der Waals surface area contributed by atoms with Crippen LogP contribution in [0.3, 0.4) is 0 Å². The lowest BCUT2D eigenvalue weighted by molar-refractivity contribution is -0.138. The zero-order valence-corrected chi connectivity index (χ0v) is 13.9. The third-order valence-corrected chi connectivity index (χ3v) is 4.22. The highest BCUT2D eigenvalue weighted by Crippen LogP contribution is 2.31. The Kier molecular flexibility index (Phi) is 6.01. The quantitative estimate of drug-likeness (QED) is 0.112. The number of benzene rings is 1. The Bertz CT molecular complexity index is 754. The largest absolute Gasteiger partial charge is 0.462 e. The number of rotatable bonds is 7. The van der Waals surface area contributed by atoms with Gasteiger partial charge in [0.15, 0.2) is 23.3 Å². The van der Waals surface area contributed by atoms with E-state index in [2.05, 4.69) is 5.32 Å². The summed E-state index contributed by atoms with van der Waals surface area (Å²) in [6.07, 6.45) is 2.87. The van der Waals surface area contributed by atoms with Crippen molar-refractivity contribution in [3.05, 3.63) is 46.7 Å². The number of esters is 1. The molecule has 2 N–H and O–H groups in total. The lowest BCUT2D eigenvalue weighted by Gasteiger charge is -2.40. The Labute approximate surface area is 146 Å². The standard InChI is InChI=1S/C17H17F4NO4/c1-2-26-16(25)10(7-22-17(8-23)4-3-5-17)15(24)9-6-11(18)13(20)14(21)12(9)19/h6-7,22-23H,2-5,8H2,1H3. The fourth-order valence-corrected chi connectivity index (χ4v) is 2.49. The second-order valence-electron chi connectivity index (χ2n) is 5.89. The number of hydrogen-bond donors (Lipinski definition) is 2. The highest BCUT2D eigenvalue weighted by molar-refractivity contribution is 6.24. The van der Waals surface area contributed by atoms with E-state index in [1.807, 2.05) is 0 Å². The van der Waals surface area contributed by atoms with Crippen LogP contribution in [0.1, 0.15) is 36.5 Å². The summed E-state index contributed by atoms with van der Waals surface area (Å²) in [7, 11) is 0. The van der Waals surface area contributed by atoms with Gasteiger partial charge in [0, 0.05) is 6.20 Å². The number of halogens is 4. The predicted octanol–water partition coefficient (Wildman–Crippen LogP) is 2.38. The fourth-order valence-electron chi connectivity index (χ4n) is 2.49. The zero-order valence-electron chi connectivity index (χ0n) is 13.9. The second-order valence-corrected chi connectivity index (χ2v) is 5.89. The predicted molar refractivity (Wildman–Crippen MR) is 82.1 cm³/mol. The monoisotopic (exact) mass is 375 g/mol. The zero-order chi connectivity index (χ0) is 19.5. The van der Waals surface area contributed by atoms with Gasteiger partial charge in [-0.05, 0) is 32.3 Å². The van der Waals surface area contributed by atoms with Crippen molar-refractivity contribution in [3.8, 4) is 0 Å². The fraction of sp³-hybridized carbons (Fsp3) is 0.412. The van der Waals surface area contributed by atoms with Gasteiger partial charge in [0.05, 0.1) is 24.3 Å². The number of hydrogen-bond acceptors (Lipinski definition) is 5. The second kappa shape index (κ2) is 7.86. The molecule has 1 fully saturated rings. The van der Waals surface area contributed by atoms with Crippen molar-refractivity contribution in [2.24, 2.45) is 0 Å². The molecule has 9 heteroatoms. The molecule has 0 unspecified atom stereocenters. The van der Waals surface area contributed by atoms with Crippen LogP contribution in [0, 0.1) is 23.3 Å². The molecule has 0 amide bonds. The molecule has 142 valence electrons. The van der Waals surface area contributed by atoms with Crippen LogP contribution in [0.2, 0.25) is 0 Å². The molecule has 0 aliphatic heterocycles. The molecule has 1 aliphatic rings. The lowest BCUT2D eigenvalue weighted by atomic mass is 9.77. The van der Waals surface area contributed by atoms with Crippen LogP contribution in [0.15, 0.2) is 17.8 Å². The van der Waals surface area contributed by atoms with Crippen LogP contribution in [-0.2, 0) is 9.53 Å². The summed E-state index contributed by atoms with van der Waals surface area (Å²) in [4.78, 5) is 24.5. The highest BCUT2D eigenvalue weighted by Gasteiger charge is 2.36. The van der Waals surface area contributed by atoms with E-state index in [0.29, 0.717) is 12.8 Å². The summed E-state index contributed by atoms with van der Waals surface area (Å²) in [6, 6.07) is 0.175. The first kappa shape index (κ1) is 19.9. The van der Waals surface area contributed by atoms with Gasteiger partial charge < -0.3 is 15.2 Å². The van der Waals surface area contributed by atoms with Crippen molar-refractivity contribution in [1.29, 1.82) is 0 Å². The van der Waals surface area contributed by atoms with E-state index in [0.717, 1.165) is 12.6 Å².